The molecule has 1 fully saturated rings. The van der Waals surface area contributed by atoms with E-state index in [0.717, 1.165) is 31.0 Å². The molecule has 23 heavy (non-hydrogen) atoms. The first-order valence-corrected chi connectivity index (χ1v) is 7.88. The molecule has 2 heterocycles. The van der Waals surface area contributed by atoms with Crippen LogP contribution in [0, 0.1) is 5.92 Å². The second-order valence-corrected chi connectivity index (χ2v) is 5.82. The van der Waals surface area contributed by atoms with E-state index >= 15 is 0 Å². The van der Waals surface area contributed by atoms with Gasteiger partial charge in [-0.15, -0.1) is 0 Å². The van der Waals surface area contributed by atoms with Crippen LogP contribution in [0.2, 0.25) is 0 Å². The van der Waals surface area contributed by atoms with Crippen LogP contribution in [0.1, 0.15) is 23.9 Å². The van der Waals surface area contributed by atoms with Gasteiger partial charge in [-0.1, -0.05) is 30.3 Å². The number of hydrogen-bond acceptors (Lipinski definition) is 3. The lowest BCUT2D eigenvalue weighted by molar-refractivity contribution is 0.185. The van der Waals surface area contributed by atoms with E-state index < -0.39 is 0 Å². The molecule has 6 nitrogen and oxygen atoms in total. The topological polar surface area (TPSA) is 68.2 Å². The zero-order valence-electron chi connectivity index (χ0n) is 13.2. The van der Waals surface area contributed by atoms with Crippen LogP contribution in [-0.4, -0.2) is 35.3 Å². The largest absolute Gasteiger partial charge is 0.381 e. The van der Waals surface area contributed by atoms with Gasteiger partial charge in [-0.05, 0) is 12.0 Å². The Morgan fingerprint density at radius 1 is 1.43 bits per heavy atom. The van der Waals surface area contributed by atoms with Crippen molar-refractivity contribution in [2.75, 3.05) is 19.8 Å². The minimum Gasteiger partial charge on any atom is -0.381 e. The van der Waals surface area contributed by atoms with Gasteiger partial charge in [0, 0.05) is 38.5 Å². The predicted molar refractivity (Wildman–Crippen MR) is 87.0 cm³/mol. The van der Waals surface area contributed by atoms with Crippen molar-refractivity contribution in [1.82, 2.24) is 20.2 Å². The van der Waals surface area contributed by atoms with Gasteiger partial charge in [-0.2, -0.15) is 0 Å². The number of ether oxygens (including phenoxy) is 1. The zero-order valence-corrected chi connectivity index (χ0v) is 13.2. The third-order valence-corrected chi connectivity index (χ3v) is 4.10. The van der Waals surface area contributed by atoms with Crippen LogP contribution in [0.25, 0.3) is 0 Å². The van der Waals surface area contributed by atoms with Crippen molar-refractivity contribution in [2.45, 2.75) is 12.5 Å². The van der Waals surface area contributed by atoms with Gasteiger partial charge in [0.25, 0.3) is 0 Å². The molecular formula is C17H22N4O2. The van der Waals surface area contributed by atoms with Crippen molar-refractivity contribution in [3.05, 3.63) is 54.1 Å². The lowest BCUT2D eigenvalue weighted by Crippen LogP contribution is -2.41. The average Bonchev–Trinajstić information content (AvgIpc) is 3.23. The van der Waals surface area contributed by atoms with Crippen LogP contribution in [0.4, 0.5) is 4.79 Å². The highest BCUT2D eigenvalue weighted by Gasteiger charge is 2.21. The van der Waals surface area contributed by atoms with Crippen LogP contribution in [0.5, 0.6) is 0 Å². The molecule has 0 radical (unpaired) electrons. The summed E-state index contributed by atoms with van der Waals surface area (Å²) >= 11 is 0. The van der Waals surface area contributed by atoms with Crippen molar-refractivity contribution in [2.24, 2.45) is 13.0 Å². The molecule has 1 aliphatic heterocycles. The lowest BCUT2D eigenvalue weighted by atomic mass is 10.1. The Hall–Kier alpha value is -2.34. The molecule has 6 heteroatoms. The Kier molecular flexibility index (Phi) is 4.92. The normalized spacial score (nSPS) is 18.6. The molecule has 0 bridgehead atoms. The summed E-state index contributed by atoms with van der Waals surface area (Å²) in [5.74, 6) is 1.21. The number of carbonyl (C=O) groups is 1. The van der Waals surface area contributed by atoms with Gasteiger partial charge in [-0.3, -0.25) is 0 Å². The number of aromatic nitrogens is 2. The molecule has 0 aliphatic carbocycles. The summed E-state index contributed by atoms with van der Waals surface area (Å²) in [6.07, 6.45) is 4.61. The molecule has 2 amide bonds. The summed E-state index contributed by atoms with van der Waals surface area (Å²) in [7, 11) is 1.92. The van der Waals surface area contributed by atoms with E-state index in [1.54, 1.807) is 6.20 Å². The first-order valence-electron chi connectivity index (χ1n) is 7.88. The van der Waals surface area contributed by atoms with Gasteiger partial charge in [-0.25, -0.2) is 9.78 Å². The highest BCUT2D eigenvalue weighted by molar-refractivity contribution is 5.74. The fraction of sp³-hybridized carbons (Fsp3) is 0.412. The minimum absolute atomic E-state index is 0.186. The summed E-state index contributed by atoms with van der Waals surface area (Å²) < 4.78 is 7.25. The molecule has 2 aromatic rings. The number of aryl methyl sites for hydroxylation is 1. The average molecular weight is 314 g/mol. The lowest BCUT2D eigenvalue weighted by Gasteiger charge is -2.20. The molecule has 1 aromatic heterocycles. The summed E-state index contributed by atoms with van der Waals surface area (Å²) in [4.78, 5) is 16.7. The van der Waals surface area contributed by atoms with Gasteiger partial charge in [0.2, 0.25) is 0 Å². The standard InChI is InChI=1S/C17H22N4O2/c1-21-9-8-18-16(21)15(14-5-3-2-4-6-14)20-17(22)19-11-13-7-10-23-12-13/h2-6,8-9,13,15H,7,10-12H2,1H3,(H2,19,20,22)/t13-,15+/m0/s1. The minimum atomic E-state index is -0.281. The van der Waals surface area contributed by atoms with Crippen molar-refractivity contribution in [1.29, 1.82) is 0 Å². The summed E-state index contributed by atoms with van der Waals surface area (Å²) in [5, 5.41) is 5.97. The van der Waals surface area contributed by atoms with Crippen LogP contribution in [0.15, 0.2) is 42.7 Å². The number of amides is 2. The Balaban J connectivity index is 1.68. The van der Waals surface area contributed by atoms with Crippen LogP contribution >= 0.6 is 0 Å². The number of rotatable bonds is 5. The van der Waals surface area contributed by atoms with E-state index in [1.165, 1.54) is 0 Å². The molecule has 2 N–H and O–H groups in total. The van der Waals surface area contributed by atoms with Gasteiger partial charge in [0.1, 0.15) is 11.9 Å². The molecule has 1 aliphatic rings. The molecule has 0 spiro atoms. The van der Waals surface area contributed by atoms with Crippen molar-refractivity contribution < 1.29 is 9.53 Å². The Morgan fingerprint density at radius 3 is 2.91 bits per heavy atom. The molecule has 0 unspecified atom stereocenters. The van der Waals surface area contributed by atoms with E-state index in [0.29, 0.717) is 12.5 Å². The molecular weight excluding hydrogens is 292 g/mol. The van der Waals surface area contributed by atoms with Gasteiger partial charge < -0.3 is 19.9 Å². The number of carbonyl (C=O) groups excluding carboxylic acids is 1. The first-order chi connectivity index (χ1) is 11.2. The molecule has 0 saturated carbocycles. The highest BCUT2D eigenvalue weighted by Crippen LogP contribution is 2.20. The Bertz CT molecular complexity index is 635. The Morgan fingerprint density at radius 2 is 2.26 bits per heavy atom. The van der Waals surface area contributed by atoms with Crippen molar-refractivity contribution >= 4 is 6.03 Å². The predicted octanol–water partition coefficient (Wildman–Crippen LogP) is 1.85. The van der Waals surface area contributed by atoms with Crippen LogP contribution < -0.4 is 10.6 Å². The number of nitrogens with one attached hydrogen (secondary N) is 2. The molecule has 2 atom stereocenters. The van der Waals surface area contributed by atoms with E-state index in [-0.39, 0.29) is 12.1 Å². The van der Waals surface area contributed by atoms with E-state index in [1.807, 2.05) is 48.1 Å². The second kappa shape index (κ2) is 7.28. The number of hydrogen-bond donors (Lipinski definition) is 2. The number of benzene rings is 1. The number of nitrogens with zero attached hydrogens (tertiary/aromatic N) is 2. The molecule has 1 aromatic carbocycles. The highest BCUT2D eigenvalue weighted by atomic mass is 16.5. The van der Waals surface area contributed by atoms with E-state index in [2.05, 4.69) is 15.6 Å². The zero-order chi connectivity index (χ0) is 16.1. The second-order valence-electron chi connectivity index (χ2n) is 5.82. The van der Waals surface area contributed by atoms with E-state index in [4.69, 9.17) is 4.74 Å². The van der Waals surface area contributed by atoms with Gasteiger partial charge in [0.15, 0.2) is 0 Å². The van der Waals surface area contributed by atoms with Crippen LogP contribution in [0.3, 0.4) is 0 Å². The van der Waals surface area contributed by atoms with Gasteiger partial charge in [0.05, 0.1) is 6.61 Å². The number of urea groups is 1. The van der Waals surface area contributed by atoms with Crippen molar-refractivity contribution in [3.63, 3.8) is 0 Å². The quantitative estimate of drug-likeness (QED) is 0.885. The summed E-state index contributed by atoms with van der Waals surface area (Å²) in [6.45, 7) is 2.14. The summed E-state index contributed by atoms with van der Waals surface area (Å²) in [5.41, 5.74) is 1.00. The number of imidazole rings is 1. The summed E-state index contributed by atoms with van der Waals surface area (Å²) in [6, 6.07) is 9.39. The van der Waals surface area contributed by atoms with Crippen LogP contribution in [-0.2, 0) is 11.8 Å². The third-order valence-electron chi connectivity index (χ3n) is 4.10. The maximum absolute atomic E-state index is 12.3. The fourth-order valence-corrected chi connectivity index (χ4v) is 2.76. The SMILES string of the molecule is Cn1ccnc1[C@H](NC(=O)NC[C@@H]1CCOC1)c1ccccc1. The Labute approximate surface area is 135 Å². The van der Waals surface area contributed by atoms with E-state index in [9.17, 15) is 4.79 Å². The molecule has 1 saturated heterocycles. The molecule has 122 valence electrons. The van der Waals surface area contributed by atoms with Crippen molar-refractivity contribution in [3.8, 4) is 0 Å². The monoisotopic (exact) mass is 314 g/mol. The maximum Gasteiger partial charge on any atom is 0.315 e. The van der Waals surface area contributed by atoms with Gasteiger partial charge >= 0.3 is 6.03 Å². The molecule has 3 rings (SSSR count). The fourth-order valence-electron chi connectivity index (χ4n) is 2.76. The first kappa shape index (κ1) is 15.6. The smallest absolute Gasteiger partial charge is 0.315 e. The maximum atomic E-state index is 12.3. The third kappa shape index (κ3) is 3.90.